The molecular weight excluding hydrogens is 392 g/mol. The van der Waals surface area contributed by atoms with E-state index in [-0.39, 0.29) is 23.5 Å². The van der Waals surface area contributed by atoms with Gasteiger partial charge in [-0.25, -0.2) is 18.1 Å². The molecule has 29 heavy (non-hydrogen) atoms. The van der Waals surface area contributed by atoms with Crippen LogP contribution in [0.25, 0.3) is 22.2 Å². The summed E-state index contributed by atoms with van der Waals surface area (Å²) in [4.78, 5) is 16.9. The zero-order chi connectivity index (χ0) is 20.6. The SMILES string of the molecule is Cc1nc(-c2ccc(S(=O)(=O)NCCn3ccc4ccn(C)c4c3=O)cc2)co1. The number of sulfonamides is 1. The number of hydrogen-bond donors (Lipinski definition) is 1. The molecule has 0 atom stereocenters. The maximum atomic E-state index is 12.6. The summed E-state index contributed by atoms with van der Waals surface area (Å²) in [6, 6.07) is 10.1. The van der Waals surface area contributed by atoms with Crippen molar-refractivity contribution < 1.29 is 12.8 Å². The van der Waals surface area contributed by atoms with Crippen LogP contribution >= 0.6 is 0 Å². The van der Waals surface area contributed by atoms with Crippen LogP contribution in [0.1, 0.15) is 5.89 Å². The molecule has 150 valence electrons. The van der Waals surface area contributed by atoms with Crippen molar-refractivity contribution in [2.75, 3.05) is 6.54 Å². The van der Waals surface area contributed by atoms with Gasteiger partial charge in [0, 0.05) is 50.4 Å². The van der Waals surface area contributed by atoms with Crippen LogP contribution in [0, 0.1) is 6.92 Å². The molecule has 0 saturated carbocycles. The zero-order valence-electron chi connectivity index (χ0n) is 16.0. The van der Waals surface area contributed by atoms with Crippen molar-refractivity contribution in [2.24, 2.45) is 7.05 Å². The molecule has 0 saturated heterocycles. The number of benzene rings is 1. The smallest absolute Gasteiger partial charge is 0.275 e. The number of pyridine rings is 1. The normalized spacial score (nSPS) is 11.9. The van der Waals surface area contributed by atoms with Gasteiger partial charge in [0.15, 0.2) is 5.89 Å². The standard InChI is InChI=1S/C20H20N4O4S/c1-14-22-18(13-28-14)15-3-5-17(6-4-15)29(26,27)21-9-12-24-11-8-16-7-10-23(2)19(16)20(24)25/h3-8,10-11,13,21H,9,12H2,1-2H3. The summed E-state index contributed by atoms with van der Waals surface area (Å²) in [6.07, 6.45) is 5.02. The van der Waals surface area contributed by atoms with Crippen molar-refractivity contribution in [1.82, 2.24) is 18.8 Å². The molecule has 4 rings (SSSR count). The minimum Gasteiger partial charge on any atom is -0.449 e. The molecule has 3 heterocycles. The Morgan fingerprint density at radius 1 is 1.10 bits per heavy atom. The van der Waals surface area contributed by atoms with Crippen LogP contribution in [0.4, 0.5) is 0 Å². The highest BCUT2D eigenvalue weighted by Gasteiger charge is 2.14. The Hall–Kier alpha value is -3.17. The van der Waals surface area contributed by atoms with Crippen molar-refractivity contribution in [3.63, 3.8) is 0 Å². The molecule has 0 spiro atoms. The number of aryl methyl sites for hydroxylation is 2. The summed E-state index contributed by atoms with van der Waals surface area (Å²) in [7, 11) is -1.88. The lowest BCUT2D eigenvalue weighted by atomic mass is 10.2. The van der Waals surface area contributed by atoms with E-state index in [0.717, 1.165) is 10.9 Å². The van der Waals surface area contributed by atoms with Crippen LogP contribution in [-0.4, -0.2) is 29.1 Å². The fourth-order valence-corrected chi connectivity index (χ4v) is 4.21. The minimum atomic E-state index is -3.69. The van der Waals surface area contributed by atoms with Gasteiger partial charge in [-0.2, -0.15) is 0 Å². The third-order valence-corrected chi connectivity index (χ3v) is 6.20. The first-order valence-corrected chi connectivity index (χ1v) is 10.5. The van der Waals surface area contributed by atoms with Crippen LogP contribution in [0.15, 0.2) is 69.2 Å². The van der Waals surface area contributed by atoms with Gasteiger partial charge in [-0.15, -0.1) is 0 Å². The van der Waals surface area contributed by atoms with E-state index in [4.69, 9.17) is 4.42 Å². The Morgan fingerprint density at radius 3 is 2.52 bits per heavy atom. The van der Waals surface area contributed by atoms with Crippen LogP contribution in [0.3, 0.4) is 0 Å². The summed E-state index contributed by atoms with van der Waals surface area (Å²) in [5.41, 5.74) is 1.86. The molecule has 0 amide bonds. The van der Waals surface area contributed by atoms with Crippen LogP contribution in [0.2, 0.25) is 0 Å². The molecule has 0 aliphatic carbocycles. The first-order chi connectivity index (χ1) is 13.8. The molecule has 0 fully saturated rings. The summed E-state index contributed by atoms with van der Waals surface area (Å²) in [5, 5.41) is 0.858. The quantitative estimate of drug-likeness (QED) is 0.524. The third kappa shape index (κ3) is 3.74. The molecule has 1 N–H and O–H groups in total. The summed E-state index contributed by atoms with van der Waals surface area (Å²) in [5.74, 6) is 0.544. The van der Waals surface area contributed by atoms with E-state index in [1.807, 2.05) is 18.3 Å². The number of hydrogen-bond acceptors (Lipinski definition) is 5. The van der Waals surface area contributed by atoms with Gasteiger partial charge in [-0.3, -0.25) is 4.79 Å². The van der Waals surface area contributed by atoms with Crippen molar-refractivity contribution in [3.8, 4) is 11.3 Å². The van der Waals surface area contributed by atoms with E-state index < -0.39 is 10.0 Å². The monoisotopic (exact) mass is 412 g/mol. The number of fused-ring (bicyclic) bond motifs is 1. The number of rotatable bonds is 6. The Bertz CT molecular complexity index is 1330. The van der Waals surface area contributed by atoms with Crippen molar-refractivity contribution >= 4 is 20.9 Å². The molecule has 4 aromatic rings. The van der Waals surface area contributed by atoms with E-state index >= 15 is 0 Å². The summed E-state index contributed by atoms with van der Waals surface area (Å²) < 4.78 is 36.1. The lowest BCUT2D eigenvalue weighted by Gasteiger charge is -2.09. The van der Waals surface area contributed by atoms with Crippen LogP contribution < -0.4 is 10.3 Å². The van der Waals surface area contributed by atoms with Crippen LogP contribution in [0.5, 0.6) is 0 Å². The number of nitrogens with one attached hydrogen (secondary N) is 1. The first-order valence-electron chi connectivity index (χ1n) is 9.02. The van der Waals surface area contributed by atoms with Crippen molar-refractivity contribution in [3.05, 3.63) is 71.3 Å². The second-order valence-electron chi connectivity index (χ2n) is 6.72. The topological polar surface area (TPSA) is 99.1 Å². The van der Waals surface area contributed by atoms with Gasteiger partial charge >= 0.3 is 0 Å². The van der Waals surface area contributed by atoms with Crippen molar-refractivity contribution in [2.45, 2.75) is 18.4 Å². The highest BCUT2D eigenvalue weighted by atomic mass is 32.2. The molecule has 0 radical (unpaired) electrons. The fourth-order valence-electron chi connectivity index (χ4n) is 3.19. The maximum Gasteiger partial charge on any atom is 0.275 e. The van der Waals surface area contributed by atoms with E-state index in [9.17, 15) is 13.2 Å². The van der Waals surface area contributed by atoms with Crippen molar-refractivity contribution in [1.29, 1.82) is 0 Å². The number of oxazole rings is 1. The molecule has 8 nitrogen and oxygen atoms in total. The van der Waals surface area contributed by atoms with E-state index in [1.165, 1.54) is 23.0 Å². The number of aromatic nitrogens is 3. The van der Waals surface area contributed by atoms with Gasteiger partial charge in [0.1, 0.15) is 17.5 Å². The van der Waals surface area contributed by atoms with Gasteiger partial charge in [0.2, 0.25) is 10.0 Å². The molecule has 9 heteroatoms. The second kappa shape index (κ2) is 7.34. The second-order valence-corrected chi connectivity index (χ2v) is 8.49. The molecule has 1 aromatic carbocycles. The Balaban J connectivity index is 1.46. The van der Waals surface area contributed by atoms with Gasteiger partial charge in [-0.1, -0.05) is 12.1 Å². The predicted molar refractivity (Wildman–Crippen MR) is 109 cm³/mol. The molecular formula is C20H20N4O4S. The first kappa shape index (κ1) is 19.2. The molecule has 0 aliphatic heterocycles. The Morgan fingerprint density at radius 2 is 1.83 bits per heavy atom. The molecule has 0 aliphatic rings. The van der Waals surface area contributed by atoms with Gasteiger partial charge < -0.3 is 13.6 Å². The fraction of sp³-hybridized carbons (Fsp3) is 0.200. The minimum absolute atomic E-state index is 0.0996. The largest absolute Gasteiger partial charge is 0.449 e. The lowest BCUT2D eigenvalue weighted by Crippen LogP contribution is -2.31. The number of nitrogens with zero attached hydrogens (tertiary/aromatic N) is 3. The predicted octanol–water partition coefficient (Wildman–Crippen LogP) is 2.28. The zero-order valence-corrected chi connectivity index (χ0v) is 16.8. The average molecular weight is 412 g/mol. The Kier molecular flexibility index (Phi) is 4.85. The average Bonchev–Trinajstić information content (AvgIpc) is 3.30. The van der Waals surface area contributed by atoms with E-state index in [2.05, 4.69) is 9.71 Å². The highest BCUT2D eigenvalue weighted by molar-refractivity contribution is 7.89. The van der Waals surface area contributed by atoms with Crippen LogP contribution in [-0.2, 0) is 23.6 Å². The lowest BCUT2D eigenvalue weighted by molar-refractivity contribution is 0.521. The van der Waals surface area contributed by atoms with E-state index in [0.29, 0.717) is 17.1 Å². The van der Waals surface area contributed by atoms with E-state index in [1.54, 1.807) is 36.9 Å². The van der Waals surface area contributed by atoms with Gasteiger partial charge in [0.25, 0.3) is 5.56 Å². The summed E-state index contributed by atoms with van der Waals surface area (Å²) >= 11 is 0. The highest BCUT2D eigenvalue weighted by Crippen LogP contribution is 2.20. The van der Waals surface area contributed by atoms with Gasteiger partial charge in [-0.05, 0) is 24.3 Å². The Labute approximate surface area is 167 Å². The molecule has 0 unspecified atom stereocenters. The molecule has 3 aromatic heterocycles. The third-order valence-electron chi connectivity index (χ3n) is 4.73. The van der Waals surface area contributed by atoms with Gasteiger partial charge in [0.05, 0.1) is 4.90 Å². The summed E-state index contributed by atoms with van der Waals surface area (Å²) in [6.45, 7) is 2.07. The maximum absolute atomic E-state index is 12.6. The molecule has 0 bridgehead atoms.